The molecule has 114 valence electrons. The fourth-order valence-corrected chi connectivity index (χ4v) is 4.34. The van der Waals surface area contributed by atoms with Crippen LogP contribution in [-0.4, -0.2) is 30.6 Å². The maximum Gasteiger partial charge on any atom is 0.156 e. The molecule has 2 atom stereocenters. The minimum absolute atomic E-state index is 0.680. The van der Waals surface area contributed by atoms with Gasteiger partial charge in [-0.15, -0.1) is 0 Å². The Kier molecular flexibility index (Phi) is 5.07. The topological polar surface area (TPSA) is 33.6 Å². The number of aliphatic imine (C=N–C) groups is 1. The number of nitrogens with zero attached hydrogens (tertiary/aromatic N) is 1. The summed E-state index contributed by atoms with van der Waals surface area (Å²) in [6.07, 6.45) is 6.49. The highest BCUT2D eigenvalue weighted by Gasteiger charge is 2.29. The summed E-state index contributed by atoms with van der Waals surface area (Å²) in [5.74, 6) is 3.03. The smallest absolute Gasteiger partial charge is 0.156 e. The van der Waals surface area contributed by atoms with Crippen molar-refractivity contribution in [3.63, 3.8) is 0 Å². The zero-order chi connectivity index (χ0) is 14.5. The molecule has 2 unspecified atom stereocenters. The van der Waals surface area contributed by atoms with Crippen molar-refractivity contribution in [2.24, 2.45) is 10.9 Å². The van der Waals surface area contributed by atoms with Crippen LogP contribution in [-0.2, 0) is 6.42 Å². The van der Waals surface area contributed by atoms with Gasteiger partial charge in [0.15, 0.2) is 5.17 Å². The first-order valence-electron chi connectivity index (χ1n) is 7.92. The first-order valence-corrected chi connectivity index (χ1v) is 8.90. The molecule has 1 saturated carbocycles. The number of nitrogens with one attached hydrogen (secondary N) is 1. The summed E-state index contributed by atoms with van der Waals surface area (Å²) in [4.78, 5) is 4.75. The van der Waals surface area contributed by atoms with Crippen molar-refractivity contribution < 1.29 is 4.74 Å². The number of ether oxygens (including phenoxy) is 1. The van der Waals surface area contributed by atoms with Gasteiger partial charge in [0.2, 0.25) is 0 Å². The van der Waals surface area contributed by atoms with Crippen LogP contribution in [0.3, 0.4) is 0 Å². The Morgan fingerprint density at radius 2 is 2.05 bits per heavy atom. The van der Waals surface area contributed by atoms with E-state index in [2.05, 4.69) is 17.4 Å². The minimum atomic E-state index is 0.680. The normalized spacial score (nSPS) is 27.0. The van der Waals surface area contributed by atoms with Gasteiger partial charge in [-0.2, -0.15) is 0 Å². The zero-order valence-corrected chi connectivity index (χ0v) is 13.5. The molecule has 1 aromatic carbocycles. The third-order valence-corrected chi connectivity index (χ3v) is 5.58. The van der Waals surface area contributed by atoms with Crippen LogP contribution < -0.4 is 10.1 Å². The predicted octanol–water partition coefficient (Wildman–Crippen LogP) is 3.49. The third-order valence-electron chi connectivity index (χ3n) is 4.47. The molecular formula is C17H24N2OS. The minimum Gasteiger partial charge on any atom is -0.497 e. The van der Waals surface area contributed by atoms with E-state index in [0.29, 0.717) is 6.04 Å². The van der Waals surface area contributed by atoms with E-state index in [4.69, 9.17) is 9.73 Å². The molecule has 21 heavy (non-hydrogen) atoms. The summed E-state index contributed by atoms with van der Waals surface area (Å²) in [7, 11) is 1.70. The van der Waals surface area contributed by atoms with E-state index in [0.717, 1.165) is 29.8 Å². The summed E-state index contributed by atoms with van der Waals surface area (Å²) >= 11 is 1.91. The number of rotatable bonds is 4. The van der Waals surface area contributed by atoms with Crippen LogP contribution in [0.2, 0.25) is 0 Å². The van der Waals surface area contributed by atoms with Gasteiger partial charge in [0.25, 0.3) is 0 Å². The highest BCUT2D eigenvalue weighted by molar-refractivity contribution is 8.13. The molecule has 3 nitrogen and oxygen atoms in total. The van der Waals surface area contributed by atoms with E-state index < -0.39 is 0 Å². The monoisotopic (exact) mass is 304 g/mol. The lowest BCUT2D eigenvalue weighted by atomic mass is 9.86. The predicted molar refractivity (Wildman–Crippen MR) is 90.3 cm³/mol. The first-order chi connectivity index (χ1) is 10.3. The maximum atomic E-state index is 5.18. The van der Waals surface area contributed by atoms with Crippen molar-refractivity contribution in [2.75, 3.05) is 19.4 Å². The van der Waals surface area contributed by atoms with Crippen molar-refractivity contribution in [1.82, 2.24) is 5.32 Å². The van der Waals surface area contributed by atoms with E-state index in [-0.39, 0.29) is 0 Å². The van der Waals surface area contributed by atoms with Gasteiger partial charge in [-0.1, -0.05) is 36.7 Å². The van der Waals surface area contributed by atoms with Crippen molar-refractivity contribution in [3.8, 4) is 5.75 Å². The third kappa shape index (κ3) is 3.94. The van der Waals surface area contributed by atoms with Crippen molar-refractivity contribution in [1.29, 1.82) is 0 Å². The van der Waals surface area contributed by atoms with Gasteiger partial charge in [0.05, 0.1) is 7.11 Å². The fourth-order valence-electron chi connectivity index (χ4n) is 3.15. The molecule has 0 amide bonds. The second-order valence-electron chi connectivity index (χ2n) is 5.89. The maximum absolute atomic E-state index is 5.18. The SMILES string of the molecule is COc1ccc(CCN=C2NC3CCCCC3CS2)cc1. The number of methoxy groups -OCH3 is 1. The molecule has 1 aliphatic carbocycles. The van der Waals surface area contributed by atoms with E-state index in [9.17, 15) is 0 Å². The average Bonchev–Trinajstić information content (AvgIpc) is 2.55. The Hall–Kier alpha value is -1.16. The zero-order valence-electron chi connectivity index (χ0n) is 12.7. The van der Waals surface area contributed by atoms with Gasteiger partial charge in [-0.25, -0.2) is 0 Å². The van der Waals surface area contributed by atoms with Gasteiger partial charge >= 0.3 is 0 Å². The molecule has 3 rings (SSSR count). The summed E-state index contributed by atoms with van der Waals surface area (Å²) < 4.78 is 5.18. The molecule has 0 radical (unpaired) electrons. The van der Waals surface area contributed by atoms with Gasteiger partial charge in [-0.05, 0) is 42.9 Å². The lowest BCUT2D eigenvalue weighted by Crippen LogP contribution is -2.46. The van der Waals surface area contributed by atoms with Crippen molar-refractivity contribution in [3.05, 3.63) is 29.8 Å². The fraction of sp³-hybridized carbons (Fsp3) is 0.588. The lowest BCUT2D eigenvalue weighted by Gasteiger charge is -2.36. The van der Waals surface area contributed by atoms with Crippen LogP contribution in [0.5, 0.6) is 5.75 Å². The highest BCUT2D eigenvalue weighted by Crippen LogP contribution is 2.31. The van der Waals surface area contributed by atoms with Gasteiger partial charge in [-0.3, -0.25) is 4.99 Å². The largest absolute Gasteiger partial charge is 0.497 e. The molecule has 2 aliphatic rings. The summed E-state index contributed by atoms with van der Waals surface area (Å²) in [6, 6.07) is 8.96. The molecule has 1 heterocycles. The second kappa shape index (κ2) is 7.21. The van der Waals surface area contributed by atoms with Gasteiger partial charge in [0.1, 0.15) is 5.75 Å². The average molecular weight is 304 g/mol. The van der Waals surface area contributed by atoms with Crippen molar-refractivity contribution in [2.45, 2.75) is 38.1 Å². The second-order valence-corrected chi connectivity index (χ2v) is 6.90. The van der Waals surface area contributed by atoms with Crippen LogP contribution >= 0.6 is 11.8 Å². The van der Waals surface area contributed by atoms with E-state index >= 15 is 0 Å². The van der Waals surface area contributed by atoms with Gasteiger partial charge in [0, 0.05) is 18.3 Å². The van der Waals surface area contributed by atoms with Crippen LogP contribution in [0.4, 0.5) is 0 Å². The summed E-state index contributed by atoms with van der Waals surface area (Å²) in [5, 5.41) is 4.81. The van der Waals surface area contributed by atoms with Crippen molar-refractivity contribution >= 4 is 16.9 Å². The Balaban J connectivity index is 1.49. The first kappa shape index (κ1) is 14.8. The number of benzene rings is 1. The molecule has 2 fully saturated rings. The Labute approximate surface area is 131 Å². The molecule has 1 N–H and O–H groups in total. The molecule has 4 heteroatoms. The number of amidine groups is 1. The summed E-state index contributed by atoms with van der Waals surface area (Å²) in [5.41, 5.74) is 1.32. The standard InChI is InChI=1S/C17H24N2OS/c1-20-15-8-6-13(7-9-15)10-11-18-17-19-16-5-3-2-4-14(16)12-21-17/h6-9,14,16H,2-5,10-12H2,1H3,(H,18,19). The van der Waals surface area contributed by atoms with E-state index in [1.807, 2.05) is 23.9 Å². The molecule has 0 bridgehead atoms. The Bertz CT molecular complexity index is 486. The molecule has 0 spiro atoms. The van der Waals surface area contributed by atoms with Crippen LogP contribution in [0.25, 0.3) is 0 Å². The number of hydrogen-bond donors (Lipinski definition) is 1. The molecule has 1 aliphatic heterocycles. The molecular weight excluding hydrogens is 280 g/mol. The highest BCUT2D eigenvalue weighted by atomic mass is 32.2. The van der Waals surface area contributed by atoms with Crippen LogP contribution in [0.15, 0.2) is 29.3 Å². The number of thioether (sulfide) groups is 1. The number of fused-ring (bicyclic) bond motifs is 1. The summed E-state index contributed by atoms with van der Waals surface area (Å²) in [6.45, 7) is 0.860. The lowest BCUT2D eigenvalue weighted by molar-refractivity contribution is 0.311. The molecule has 1 aromatic rings. The Morgan fingerprint density at radius 1 is 1.24 bits per heavy atom. The quantitative estimate of drug-likeness (QED) is 0.924. The van der Waals surface area contributed by atoms with Crippen LogP contribution in [0.1, 0.15) is 31.2 Å². The molecule has 1 saturated heterocycles. The van der Waals surface area contributed by atoms with E-state index in [1.165, 1.54) is 37.0 Å². The Morgan fingerprint density at radius 3 is 2.86 bits per heavy atom. The molecule has 0 aromatic heterocycles. The van der Waals surface area contributed by atoms with Crippen LogP contribution in [0, 0.1) is 5.92 Å². The van der Waals surface area contributed by atoms with E-state index in [1.54, 1.807) is 7.11 Å². The number of hydrogen-bond acceptors (Lipinski definition) is 3. The van der Waals surface area contributed by atoms with Gasteiger partial charge < -0.3 is 10.1 Å².